The van der Waals surface area contributed by atoms with Crippen molar-refractivity contribution >= 4 is 23.8 Å². The summed E-state index contributed by atoms with van der Waals surface area (Å²) in [5.74, 6) is 0.409. The first kappa shape index (κ1) is 29.5. The normalized spacial score (nSPS) is 14.8. The number of halogens is 3. The highest BCUT2D eigenvalue weighted by molar-refractivity contribution is 5.84. The van der Waals surface area contributed by atoms with Gasteiger partial charge in [0.15, 0.2) is 0 Å². The molecular weight excluding hydrogens is 463 g/mol. The van der Waals surface area contributed by atoms with Crippen LogP contribution in [0.4, 0.5) is 18.9 Å². The first-order valence-corrected chi connectivity index (χ1v) is 11.2. The molecule has 10 heteroatoms. The van der Waals surface area contributed by atoms with Gasteiger partial charge in [-0.05, 0) is 49.2 Å². The Labute approximate surface area is 203 Å². The molecule has 0 spiro atoms. The molecule has 0 aromatic heterocycles. The van der Waals surface area contributed by atoms with Crippen LogP contribution in [0.1, 0.15) is 44.2 Å². The summed E-state index contributed by atoms with van der Waals surface area (Å²) >= 11 is 0. The van der Waals surface area contributed by atoms with E-state index in [1.165, 1.54) is 17.0 Å². The number of amides is 2. The molecule has 2 aromatic rings. The number of nitrogens with two attached hydrogens (primary N) is 1. The Kier molecular flexibility index (Phi) is 11.8. The Balaban J connectivity index is 0.000000354. The SMILES string of the molecule is CC.CNc1cc(Oc2ccc(C(F)(F)F)cc2)ccc1C.NC(=O)CCN1C(=O)CCC1C=O. The molecule has 0 bridgehead atoms. The molecule has 1 saturated heterocycles. The van der Waals surface area contributed by atoms with Gasteiger partial charge in [-0.15, -0.1) is 0 Å². The van der Waals surface area contributed by atoms with Crippen molar-refractivity contribution in [1.82, 2.24) is 4.90 Å². The van der Waals surface area contributed by atoms with Crippen LogP contribution in [-0.2, 0) is 20.6 Å². The number of hydrogen-bond acceptors (Lipinski definition) is 5. The van der Waals surface area contributed by atoms with Crippen LogP contribution in [0.3, 0.4) is 0 Å². The molecule has 0 aliphatic carbocycles. The summed E-state index contributed by atoms with van der Waals surface area (Å²) in [7, 11) is 1.80. The number of rotatable bonds is 7. The molecule has 0 radical (unpaired) electrons. The summed E-state index contributed by atoms with van der Waals surface area (Å²) in [6.07, 6.45) is -2.52. The van der Waals surface area contributed by atoms with Crippen molar-refractivity contribution in [2.75, 3.05) is 18.9 Å². The highest BCUT2D eigenvalue weighted by Crippen LogP contribution is 2.32. The van der Waals surface area contributed by atoms with Gasteiger partial charge < -0.3 is 25.5 Å². The number of aryl methyl sites for hydroxylation is 1. The number of carbonyl (C=O) groups is 3. The van der Waals surface area contributed by atoms with Crippen LogP contribution in [0.2, 0.25) is 0 Å². The molecule has 35 heavy (non-hydrogen) atoms. The lowest BCUT2D eigenvalue weighted by atomic mass is 10.2. The van der Waals surface area contributed by atoms with Gasteiger partial charge in [-0.1, -0.05) is 19.9 Å². The van der Waals surface area contributed by atoms with Gasteiger partial charge in [0, 0.05) is 38.2 Å². The number of alkyl halides is 3. The van der Waals surface area contributed by atoms with Gasteiger partial charge in [0.1, 0.15) is 17.8 Å². The lowest BCUT2D eigenvalue weighted by molar-refractivity contribution is -0.137. The molecule has 2 aromatic carbocycles. The second kappa shape index (κ2) is 14.0. The Morgan fingerprint density at radius 2 is 1.77 bits per heavy atom. The molecule has 2 amide bonds. The maximum Gasteiger partial charge on any atom is 0.416 e. The number of benzene rings is 2. The minimum Gasteiger partial charge on any atom is -0.457 e. The lowest BCUT2D eigenvalue weighted by Crippen LogP contribution is -2.36. The van der Waals surface area contributed by atoms with Crippen LogP contribution in [-0.4, -0.2) is 42.6 Å². The predicted octanol–water partition coefficient (Wildman–Crippen LogP) is 4.93. The second-order valence-corrected chi connectivity index (χ2v) is 7.40. The van der Waals surface area contributed by atoms with Crippen LogP contribution in [0.25, 0.3) is 0 Å². The van der Waals surface area contributed by atoms with Crippen LogP contribution in [0, 0.1) is 6.92 Å². The molecule has 1 fully saturated rings. The predicted molar refractivity (Wildman–Crippen MR) is 128 cm³/mol. The average molecular weight is 496 g/mol. The quantitative estimate of drug-likeness (QED) is 0.531. The van der Waals surface area contributed by atoms with Gasteiger partial charge in [-0.25, -0.2) is 0 Å². The first-order valence-electron chi connectivity index (χ1n) is 11.2. The minimum atomic E-state index is -4.33. The van der Waals surface area contributed by atoms with E-state index in [2.05, 4.69) is 5.32 Å². The van der Waals surface area contributed by atoms with Crippen molar-refractivity contribution in [2.45, 2.75) is 52.3 Å². The van der Waals surface area contributed by atoms with Crippen molar-refractivity contribution in [3.05, 3.63) is 53.6 Å². The number of hydrogen-bond donors (Lipinski definition) is 2. The van der Waals surface area contributed by atoms with E-state index in [9.17, 15) is 27.6 Å². The monoisotopic (exact) mass is 495 g/mol. The van der Waals surface area contributed by atoms with E-state index in [0.717, 1.165) is 29.7 Å². The average Bonchev–Trinajstić information content (AvgIpc) is 3.19. The summed E-state index contributed by atoms with van der Waals surface area (Å²) in [6.45, 7) is 6.21. The third-order valence-electron chi connectivity index (χ3n) is 5.03. The number of nitrogens with one attached hydrogen (secondary N) is 1. The third kappa shape index (κ3) is 9.30. The topological polar surface area (TPSA) is 102 Å². The Bertz CT molecular complexity index is 979. The zero-order chi connectivity index (χ0) is 26.6. The fourth-order valence-electron chi connectivity index (χ4n) is 3.20. The van der Waals surface area contributed by atoms with Gasteiger partial charge >= 0.3 is 6.18 Å². The van der Waals surface area contributed by atoms with Gasteiger partial charge in [0.05, 0.1) is 11.6 Å². The summed E-state index contributed by atoms with van der Waals surface area (Å²) in [6, 6.07) is 9.72. The molecule has 0 saturated carbocycles. The largest absolute Gasteiger partial charge is 0.457 e. The maximum absolute atomic E-state index is 12.4. The molecule has 1 aliphatic rings. The summed E-state index contributed by atoms with van der Waals surface area (Å²) in [5.41, 5.74) is 6.22. The van der Waals surface area contributed by atoms with Crippen LogP contribution in [0.5, 0.6) is 11.5 Å². The van der Waals surface area contributed by atoms with Gasteiger partial charge in [-0.2, -0.15) is 13.2 Å². The summed E-state index contributed by atoms with van der Waals surface area (Å²) in [4.78, 5) is 33.5. The van der Waals surface area contributed by atoms with Crippen LogP contribution < -0.4 is 15.8 Å². The molecule has 1 atom stereocenters. The molecule has 3 N–H and O–H groups in total. The van der Waals surface area contributed by atoms with E-state index < -0.39 is 17.6 Å². The van der Waals surface area contributed by atoms with Crippen molar-refractivity contribution in [3.63, 3.8) is 0 Å². The van der Waals surface area contributed by atoms with E-state index in [-0.39, 0.29) is 24.9 Å². The van der Waals surface area contributed by atoms with Crippen molar-refractivity contribution in [3.8, 4) is 11.5 Å². The molecular formula is C25H32F3N3O4. The van der Waals surface area contributed by atoms with Crippen molar-refractivity contribution in [2.24, 2.45) is 5.73 Å². The minimum absolute atomic E-state index is 0.0710. The first-order chi connectivity index (χ1) is 16.5. The fraction of sp³-hybridized carbons (Fsp3) is 0.400. The van der Waals surface area contributed by atoms with E-state index in [0.29, 0.717) is 24.3 Å². The maximum atomic E-state index is 12.4. The Hall–Kier alpha value is -3.56. The molecule has 7 nitrogen and oxygen atoms in total. The van der Waals surface area contributed by atoms with E-state index in [4.69, 9.17) is 10.5 Å². The summed E-state index contributed by atoms with van der Waals surface area (Å²) < 4.78 is 42.9. The number of nitrogens with zero attached hydrogens (tertiary/aromatic N) is 1. The third-order valence-corrected chi connectivity index (χ3v) is 5.03. The van der Waals surface area contributed by atoms with Gasteiger partial charge in [0.25, 0.3) is 0 Å². The highest BCUT2D eigenvalue weighted by atomic mass is 19.4. The smallest absolute Gasteiger partial charge is 0.416 e. The molecule has 1 aliphatic heterocycles. The van der Waals surface area contributed by atoms with Crippen LogP contribution >= 0.6 is 0 Å². The van der Waals surface area contributed by atoms with E-state index in [1.54, 1.807) is 19.2 Å². The number of likely N-dealkylation sites (tertiary alicyclic amines) is 1. The standard InChI is InChI=1S/C15H14F3NO.C8H12N2O3.C2H6/c1-10-3-6-13(9-14(10)19-2)20-12-7-4-11(5-8-12)15(16,17)18;9-7(12)3-4-10-6(5-11)1-2-8(10)13;1-2/h3-9,19H,1-2H3;5-6H,1-4H2,(H2,9,12);1-2H3. The molecule has 192 valence electrons. The van der Waals surface area contributed by atoms with E-state index in [1.807, 2.05) is 26.8 Å². The van der Waals surface area contributed by atoms with E-state index >= 15 is 0 Å². The van der Waals surface area contributed by atoms with Crippen LogP contribution in [0.15, 0.2) is 42.5 Å². The number of anilines is 1. The number of primary amides is 1. The Morgan fingerprint density at radius 3 is 2.29 bits per heavy atom. The number of carbonyl (C=O) groups excluding carboxylic acids is 3. The lowest BCUT2D eigenvalue weighted by Gasteiger charge is -2.19. The molecule has 1 unspecified atom stereocenters. The molecule has 1 heterocycles. The molecule has 3 rings (SSSR count). The van der Waals surface area contributed by atoms with Crippen molar-refractivity contribution in [1.29, 1.82) is 0 Å². The van der Waals surface area contributed by atoms with Gasteiger partial charge in [-0.3, -0.25) is 9.59 Å². The number of aldehydes is 1. The van der Waals surface area contributed by atoms with Gasteiger partial charge in [0.2, 0.25) is 11.8 Å². The zero-order valence-corrected chi connectivity index (χ0v) is 20.3. The second-order valence-electron chi connectivity index (χ2n) is 7.40. The fourth-order valence-corrected chi connectivity index (χ4v) is 3.20. The zero-order valence-electron chi connectivity index (χ0n) is 20.3. The van der Waals surface area contributed by atoms with Crippen molar-refractivity contribution < 1.29 is 32.3 Å². The summed E-state index contributed by atoms with van der Waals surface area (Å²) in [5, 5.41) is 3.02. The highest BCUT2D eigenvalue weighted by Gasteiger charge is 2.30. The Morgan fingerprint density at radius 1 is 1.17 bits per heavy atom. The number of ether oxygens (including phenoxy) is 1.